The molecule has 3 aromatic rings. The third-order valence-electron chi connectivity index (χ3n) is 5.40. The van der Waals surface area contributed by atoms with Crippen LogP contribution >= 0.6 is 11.6 Å². The number of hydrogen-bond acceptors (Lipinski definition) is 6. The zero-order chi connectivity index (χ0) is 23.0. The second-order valence-corrected chi connectivity index (χ2v) is 8.39. The summed E-state index contributed by atoms with van der Waals surface area (Å²) in [5.41, 5.74) is 0.0327. The number of hydrogen-bond donors (Lipinski definition) is 1. The van der Waals surface area contributed by atoms with Gasteiger partial charge in [-0.25, -0.2) is 18.7 Å². The summed E-state index contributed by atoms with van der Waals surface area (Å²) in [4.78, 5) is 21.6. The van der Waals surface area contributed by atoms with Crippen molar-refractivity contribution in [1.29, 1.82) is 0 Å². The van der Waals surface area contributed by atoms with Gasteiger partial charge in [-0.05, 0) is 45.1 Å². The van der Waals surface area contributed by atoms with Crippen LogP contribution in [0.2, 0.25) is 5.02 Å². The predicted molar refractivity (Wildman–Crippen MR) is 118 cm³/mol. The van der Waals surface area contributed by atoms with Gasteiger partial charge < -0.3 is 10.2 Å². The maximum Gasteiger partial charge on any atom is 0.285 e. The van der Waals surface area contributed by atoms with Crippen molar-refractivity contribution in [3.63, 3.8) is 0 Å². The Morgan fingerprint density at radius 3 is 2.78 bits per heavy atom. The molecule has 1 atom stereocenters. The van der Waals surface area contributed by atoms with E-state index in [2.05, 4.69) is 32.0 Å². The standard InChI is InChI=1S/C22H18ClF2N5O2/c1-22(7-8-29(2)11-22)6-5-13-9-17-14(10-18(13)30(31)32)21(27-12-26-17)28-16-4-3-15(24)19(23)20(16)25/h3-4,9-10,12H,7-8,11H2,1-2H3,(H,26,27,28). The summed E-state index contributed by atoms with van der Waals surface area (Å²) in [6, 6.07) is 4.99. The van der Waals surface area contributed by atoms with Crippen LogP contribution in [0.25, 0.3) is 10.9 Å². The molecule has 4 rings (SSSR count). The molecule has 1 aliphatic heterocycles. The van der Waals surface area contributed by atoms with Crippen LogP contribution in [-0.2, 0) is 0 Å². The molecule has 1 unspecified atom stereocenters. The SMILES string of the molecule is CN1CCC(C)(C#Cc2cc3ncnc(Nc4ccc(F)c(Cl)c4F)c3cc2[N+](=O)[O-])C1. The van der Waals surface area contributed by atoms with Crippen LogP contribution < -0.4 is 5.32 Å². The zero-order valence-electron chi connectivity index (χ0n) is 17.2. The first kappa shape index (κ1) is 21.9. The molecule has 0 saturated carbocycles. The van der Waals surface area contributed by atoms with Gasteiger partial charge in [0.2, 0.25) is 0 Å². The molecule has 1 aliphatic rings. The molecule has 0 spiro atoms. The van der Waals surface area contributed by atoms with Crippen molar-refractivity contribution in [2.75, 3.05) is 25.5 Å². The van der Waals surface area contributed by atoms with Crippen LogP contribution in [0.4, 0.5) is 26.0 Å². The Kier molecular flexibility index (Phi) is 5.67. The highest BCUT2D eigenvalue weighted by atomic mass is 35.5. The van der Waals surface area contributed by atoms with Gasteiger partial charge in [-0.15, -0.1) is 0 Å². The van der Waals surface area contributed by atoms with Crippen molar-refractivity contribution in [1.82, 2.24) is 14.9 Å². The first-order valence-corrected chi connectivity index (χ1v) is 10.1. The number of aromatic nitrogens is 2. The van der Waals surface area contributed by atoms with E-state index in [4.69, 9.17) is 11.6 Å². The minimum absolute atomic E-state index is 0.114. The van der Waals surface area contributed by atoms with Gasteiger partial charge >= 0.3 is 0 Å². The average molecular weight is 458 g/mol. The number of nitrogens with zero attached hydrogens (tertiary/aromatic N) is 4. The summed E-state index contributed by atoms with van der Waals surface area (Å²) in [5.74, 6) is 4.37. The van der Waals surface area contributed by atoms with Crippen LogP contribution in [0.15, 0.2) is 30.6 Å². The van der Waals surface area contributed by atoms with Gasteiger partial charge in [0, 0.05) is 23.4 Å². The molecule has 32 heavy (non-hydrogen) atoms. The smallest absolute Gasteiger partial charge is 0.285 e. The van der Waals surface area contributed by atoms with Crippen molar-refractivity contribution in [2.45, 2.75) is 13.3 Å². The van der Waals surface area contributed by atoms with E-state index in [1.54, 1.807) is 0 Å². The van der Waals surface area contributed by atoms with Gasteiger partial charge in [-0.2, -0.15) is 0 Å². The Labute approximate surface area is 187 Å². The van der Waals surface area contributed by atoms with Gasteiger partial charge in [0.15, 0.2) is 5.82 Å². The Balaban J connectivity index is 1.78. The molecule has 0 bridgehead atoms. The first-order chi connectivity index (χ1) is 15.2. The number of nitrogens with one attached hydrogen (secondary N) is 1. The topological polar surface area (TPSA) is 84.2 Å². The normalized spacial score (nSPS) is 18.4. The molecular formula is C22H18ClF2N5O2. The second-order valence-electron chi connectivity index (χ2n) is 8.01. The van der Waals surface area contributed by atoms with Gasteiger partial charge in [0.05, 0.1) is 16.1 Å². The summed E-state index contributed by atoms with van der Waals surface area (Å²) in [6.45, 7) is 3.73. The highest BCUT2D eigenvalue weighted by Crippen LogP contribution is 2.33. The number of anilines is 2. The number of fused-ring (bicyclic) bond motifs is 1. The zero-order valence-corrected chi connectivity index (χ0v) is 18.0. The Bertz CT molecular complexity index is 1310. The molecule has 0 amide bonds. The number of halogens is 3. The third kappa shape index (κ3) is 4.20. The van der Waals surface area contributed by atoms with Gasteiger partial charge in [0.25, 0.3) is 5.69 Å². The summed E-state index contributed by atoms with van der Waals surface area (Å²) in [6.07, 6.45) is 2.11. The van der Waals surface area contributed by atoms with E-state index in [-0.39, 0.29) is 33.6 Å². The summed E-state index contributed by atoms with van der Waals surface area (Å²) >= 11 is 5.63. The lowest BCUT2D eigenvalue weighted by atomic mass is 9.90. The first-order valence-electron chi connectivity index (χ1n) is 9.72. The van der Waals surface area contributed by atoms with Gasteiger partial charge in [0.1, 0.15) is 28.5 Å². The average Bonchev–Trinajstić information content (AvgIpc) is 3.11. The highest BCUT2D eigenvalue weighted by Gasteiger charge is 2.30. The molecule has 0 radical (unpaired) electrons. The van der Waals surface area contributed by atoms with E-state index in [9.17, 15) is 18.9 Å². The lowest BCUT2D eigenvalue weighted by Gasteiger charge is -2.15. The van der Waals surface area contributed by atoms with Crippen LogP contribution in [0.3, 0.4) is 0 Å². The number of likely N-dealkylation sites (tertiary alicyclic amines) is 1. The summed E-state index contributed by atoms with van der Waals surface area (Å²) < 4.78 is 27.8. The van der Waals surface area contributed by atoms with E-state index in [1.807, 2.05) is 14.0 Å². The molecule has 2 heterocycles. The van der Waals surface area contributed by atoms with Crippen molar-refractivity contribution in [3.05, 3.63) is 62.9 Å². The Morgan fingerprint density at radius 2 is 2.09 bits per heavy atom. The fourth-order valence-corrected chi connectivity index (χ4v) is 3.87. The molecule has 7 nitrogen and oxygen atoms in total. The van der Waals surface area contributed by atoms with Crippen LogP contribution in [0.5, 0.6) is 0 Å². The molecule has 0 aliphatic carbocycles. The Hall–Kier alpha value is -3.35. The monoisotopic (exact) mass is 457 g/mol. The fourth-order valence-electron chi connectivity index (χ4n) is 3.70. The third-order valence-corrected chi connectivity index (χ3v) is 5.75. The van der Waals surface area contributed by atoms with E-state index >= 15 is 0 Å². The van der Waals surface area contributed by atoms with E-state index in [1.165, 1.54) is 18.5 Å². The summed E-state index contributed by atoms with van der Waals surface area (Å²) in [5, 5.41) is 14.1. The number of nitro groups is 1. The fraction of sp³-hybridized carbons (Fsp3) is 0.273. The second kappa shape index (κ2) is 8.30. The molecule has 1 aromatic heterocycles. The molecular weight excluding hydrogens is 440 g/mol. The van der Waals surface area contributed by atoms with Crippen LogP contribution in [-0.4, -0.2) is 39.9 Å². The number of rotatable bonds is 3. The minimum atomic E-state index is -0.995. The largest absolute Gasteiger partial charge is 0.337 e. The molecule has 1 saturated heterocycles. The molecule has 164 valence electrons. The van der Waals surface area contributed by atoms with Crippen LogP contribution in [0.1, 0.15) is 18.9 Å². The van der Waals surface area contributed by atoms with E-state index in [0.29, 0.717) is 5.52 Å². The maximum absolute atomic E-state index is 14.3. The maximum atomic E-state index is 14.3. The lowest BCUT2D eigenvalue weighted by molar-refractivity contribution is -0.385. The van der Waals surface area contributed by atoms with Gasteiger partial charge in [-0.1, -0.05) is 23.4 Å². The quantitative estimate of drug-likeness (QED) is 0.260. The van der Waals surface area contributed by atoms with Crippen molar-refractivity contribution < 1.29 is 13.7 Å². The van der Waals surface area contributed by atoms with E-state index < -0.39 is 21.6 Å². The lowest BCUT2D eigenvalue weighted by Crippen LogP contribution is -2.20. The van der Waals surface area contributed by atoms with Crippen molar-refractivity contribution in [2.24, 2.45) is 5.41 Å². The highest BCUT2D eigenvalue weighted by molar-refractivity contribution is 6.31. The summed E-state index contributed by atoms with van der Waals surface area (Å²) in [7, 11) is 2.01. The number of benzene rings is 2. The minimum Gasteiger partial charge on any atom is -0.337 e. The number of nitro benzene ring substituents is 1. The van der Waals surface area contributed by atoms with Gasteiger partial charge in [-0.3, -0.25) is 10.1 Å². The van der Waals surface area contributed by atoms with E-state index in [0.717, 1.165) is 31.6 Å². The molecule has 1 N–H and O–H groups in total. The Morgan fingerprint density at radius 1 is 1.31 bits per heavy atom. The predicted octanol–water partition coefficient (Wildman–Crippen LogP) is 4.91. The van der Waals surface area contributed by atoms with Crippen molar-refractivity contribution in [3.8, 4) is 11.8 Å². The van der Waals surface area contributed by atoms with Crippen LogP contribution in [0, 0.1) is 39.0 Å². The molecule has 2 aromatic carbocycles. The molecule has 1 fully saturated rings. The molecule has 10 heteroatoms. The van der Waals surface area contributed by atoms with Crippen molar-refractivity contribution >= 4 is 39.7 Å².